The van der Waals surface area contributed by atoms with Gasteiger partial charge in [-0.3, -0.25) is 14.9 Å². The summed E-state index contributed by atoms with van der Waals surface area (Å²) < 4.78 is 38.9. The number of halogens is 1. The number of hydrogen-bond donors (Lipinski definition) is 1. The topological polar surface area (TPSA) is 137 Å². The van der Waals surface area contributed by atoms with Crippen LogP contribution >= 0.6 is 0 Å². The second-order valence-corrected chi connectivity index (χ2v) is 7.72. The fraction of sp³-hybridized carbons (Fsp3) is 0.0625. The number of nitro benzene ring substituents is 1. The van der Waals surface area contributed by atoms with Crippen LogP contribution in [0.15, 0.2) is 53.9 Å². The van der Waals surface area contributed by atoms with E-state index in [9.17, 15) is 27.7 Å². The van der Waals surface area contributed by atoms with E-state index in [4.69, 9.17) is 0 Å². The van der Waals surface area contributed by atoms with E-state index in [-0.39, 0.29) is 21.8 Å². The molecule has 0 aliphatic carbocycles. The summed E-state index contributed by atoms with van der Waals surface area (Å²) in [5, 5.41) is 17.2. The third-order valence-corrected chi connectivity index (χ3v) is 4.76. The van der Waals surface area contributed by atoms with Gasteiger partial charge in [-0.15, -0.1) is 0 Å². The van der Waals surface area contributed by atoms with E-state index >= 15 is 0 Å². The Morgan fingerprint density at radius 3 is 2.57 bits per heavy atom. The van der Waals surface area contributed by atoms with Crippen molar-refractivity contribution in [3.8, 4) is 5.69 Å². The number of rotatable bonds is 5. The van der Waals surface area contributed by atoms with Crippen LogP contribution in [0.2, 0.25) is 0 Å². The molecule has 3 rings (SSSR count). The first-order valence-electron chi connectivity index (χ1n) is 7.60. The molecule has 28 heavy (non-hydrogen) atoms. The normalized spacial score (nSPS) is 11.2. The highest BCUT2D eigenvalue weighted by atomic mass is 32.2. The zero-order valence-corrected chi connectivity index (χ0v) is 15.1. The second kappa shape index (κ2) is 7.15. The molecule has 1 heterocycles. The smallest absolute Gasteiger partial charge is 0.271 e. The first-order chi connectivity index (χ1) is 13.1. The average Bonchev–Trinajstić information content (AvgIpc) is 3.15. The van der Waals surface area contributed by atoms with Crippen molar-refractivity contribution in [1.82, 2.24) is 14.8 Å². The van der Waals surface area contributed by atoms with E-state index in [1.807, 2.05) is 0 Å². The third-order valence-electron chi connectivity index (χ3n) is 3.66. The van der Waals surface area contributed by atoms with Crippen LogP contribution in [0.4, 0.5) is 15.8 Å². The number of hydrogen-bond acceptors (Lipinski definition) is 7. The summed E-state index contributed by atoms with van der Waals surface area (Å²) >= 11 is 0. The number of nitro groups is 1. The van der Waals surface area contributed by atoms with Crippen molar-refractivity contribution in [1.29, 1.82) is 0 Å². The predicted octanol–water partition coefficient (Wildman–Crippen LogP) is 1.97. The quantitative estimate of drug-likeness (QED) is 0.506. The van der Waals surface area contributed by atoms with Gasteiger partial charge >= 0.3 is 0 Å². The van der Waals surface area contributed by atoms with Crippen molar-refractivity contribution in [2.75, 3.05) is 11.6 Å². The lowest BCUT2D eigenvalue weighted by atomic mass is 10.1. The van der Waals surface area contributed by atoms with Gasteiger partial charge in [0, 0.05) is 29.6 Å². The van der Waals surface area contributed by atoms with Crippen LogP contribution < -0.4 is 5.32 Å². The molecule has 3 aromatic rings. The molecule has 0 bridgehead atoms. The predicted molar refractivity (Wildman–Crippen MR) is 95.5 cm³/mol. The van der Waals surface area contributed by atoms with Gasteiger partial charge in [0.05, 0.1) is 9.82 Å². The number of nitrogens with one attached hydrogen (secondary N) is 1. The molecule has 0 saturated heterocycles. The number of carbonyl (C=O) groups is 1. The van der Waals surface area contributed by atoms with Crippen molar-refractivity contribution in [2.24, 2.45) is 0 Å². The lowest BCUT2D eigenvalue weighted by Crippen LogP contribution is -2.14. The number of aromatic nitrogens is 3. The molecular weight excluding hydrogens is 393 g/mol. The third kappa shape index (κ3) is 4.01. The van der Waals surface area contributed by atoms with Gasteiger partial charge in [-0.2, -0.15) is 5.10 Å². The van der Waals surface area contributed by atoms with Crippen molar-refractivity contribution >= 4 is 27.1 Å². The lowest BCUT2D eigenvalue weighted by molar-refractivity contribution is -0.385. The summed E-state index contributed by atoms with van der Waals surface area (Å²) in [5.74, 6) is -1.53. The maximum Gasteiger partial charge on any atom is 0.271 e. The summed E-state index contributed by atoms with van der Waals surface area (Å²) in [5.41, 5.74) is -0.639. The SMILES string of the molecule is CS(=O)(=O)c1cc(C(=O)Nc2ccc(-n3cncn3)c(F)c2)cc([N+](=O)[O-])c1. The minimum atomic E-state index is -3.79. The number of carbonyl (C=O) groups excluding carboxylic acids is 1. The van der Waals surface area contributed by atoms with E-state index in [1.165, 1.54) is 29.5 Å². The standard InChI is InChI=1S/C16H12FN5O5S/c1-28(26,27)13-5-10(4-12(7-13)22(24)25)16(23)20-11-2-3-15(14(17)6-11)21-9-18-8-19-21/h2-9H,1H3,(H,20,23). The summed E-state index contributed by atoms with van der Waals surface area (Å²) in [6.07, 6.45) is 3.40. The second-order valence-electron chi connectivity index (χ2n) is 5.71. The molecule has 12 heteroatoms. The largest absolute Gasteiger partial charge is 0.322 e. The number of anilines is 1. The first kappa shape index (κ1) is 19.1. The molecule has 0 aliphatic heterocycles. The minimum Gasteiger partial charge on any atom is -0.322 e. The lowest BCUT2D eigenvalue weighted by Gasteiger charge is -2.09. The molecular formula is C16H12FN5O5S. The van der Waals surface area contributed by atoms with Crippen LogP contribution in [0.1, 0.15) is 10.4 Å². The Balaban J connectivity index is 1.92. The van der Waals surface area contributed by atoms with Crippen molar-refractivity contribution in [2.45, 2.75) is 4.90 Å². The Morgan fingerprint density at radius 1 is 1.25 bits per heavy atom. The number of nitrogens with zero attached hydrogens (tertiary/aromatic N) is 4. The van der Waals surface area contributed by atoms with Gasteiger partial charge in [0.2, 0.25) is 0 Å². The first-order valence-corrected chi connectivity index (χ1v) is 9.50. The molecule has 144 valence electrons. The Kier molecular flexibility index (Phi) is 4.88. The molecule has 1 amide bonds. The van der Waals surface area contributed by atoms with Crippen molar-refractivity contribution in [3.63, 3.8) is 0 Å². The molecule has 10 nitrogen and oxygen atoms in total. The van der Waals surface area contributed by atoms with Gasteiger partial charge in [-0.25, -0.2) is 22.5 Å². The fourth-order valence-electron chi connectivity index (χ4n) is 2.34. The Bertz CT molecular complexity index is 1180. The maximum absolute atomic E-state index is 14.2. The maximum atomic E-state index is 14.2. The molecule has 2 aromatic carbocycles. The number of benzene rings is 2. The molecule has 0 radical (unpaired) electrons. The van der Waals surface area contributed by atoms with Gasteiger partial charge < -0.3 is 5.32 Å². The zero-order valence-electron chi connectivity index (χ0n) is 14.2. The molecule has 0 unspecified atom stereocenters. The van der Waals surface area contributed by atoms with Crippen molar-refractivity contribution in [3.05, 3.63) is 70.5 Å². The van der Waals surface area contributed by atoms with Gasteiger partial charge in [0.15, 0.2) is 15.7 Å². The van der Waals surface area contributed by atoms with Crippen LogP contribution in [0.3, 0.4) is 0 Å². The Labute approximate surface area is 157 Å². The highest BCUT2D eigenvalue weighted by molar-refractivity contribution is 7.90. The summed E-state index contributed by atoms with van der Waals surface area (Å²) in [6, 6.07) is 6.59. The van der Waals surface area contributed by atoms with Crippen molar-refractivity contribution < 1.29 is 22.5 Å². The molecule has 0 fully saturated rings. The average molecular weight is 405 g/mol. The zero-order chi connectivity index (χ0) is 20.5. The van der Waals surface area contributed by atoms with Crippen LogP contribution in [0.5, 0.6) is 0 Å². The molecule has 0 saturated carbocycles. The molecule has 0 atom stereocenters. The minimum absolute atomic E-state index is 0.0683. The summed E-state index contributed by atoms with van der Waals surface area (Å²) in [6.45, 7) is 0. The monoisotopic (exact) mass is 405 g/mol. The van der Waals surface area contributed by atoms with E-state index in [1.54, 1.807) is 0 Å². The van der Waals surface area contributed by atoms with Gasteiger partial charge in [0.25, 0.3) is 11.6 Å². The molecule has 1 aromatic heterocycles. The Morgan fingerprint density at radius 2 is 2.00 bits per heavy atom. The Hall–Kier alpha value is -3.67. The van der Waals surface area contributed by atoms with E-state index in [0.717, 1.165) is 30.5 Å². The molecule has 0 aliphatic rings. The highest BCUT2D eigenvalue weighted by Crippen LogP contribution is 2.23. The van der Waals surface area contributed by atoms with E-state index in [2.05, 4.69) is 15.4 Å². The number of amides is 1. The number of non-ortho nitro benzene ring substituents is 1. The van der Waals surface area contributed by atoms with Crippen LogP contribution in [-0.2, 0) is 9.84 Å². The van der Waals surface area contributed by atoms with Crippen LogP contribution in [-0.4, -0.2) is 40.3 Å². The molecule has 0 spiro atoms. The van der Waals surface area contributed by atoms with Crippen LogP contribution in [0.25, 0.3) is 5.69 Å². The fourth-order valence-corrected chi connectivity index (χ4v) is 3.02. The van der Waals surface area contributed by atoms with Crippen LogP contribution in [0, 0.1) is 15.9 Å². The number of sulfone groups is 1. The molecule has 1 N–H and O–H groups in total. The van der Waals surface area contributed by atoms with Gasteiger partial charge in [-0.1, -0.05) is 0 Å². The highest BCUT2D eigenvalue weighted by Gasteiger charge is 2.19. The van der Waals surface area contributed by atoms with E-state index in [0.29, 0.717) is 0 Å². The summed E-state index contributed by atoms with van der Waals surface area (Å²) in [7, 11) is -3.79. The van der Waals surface area contributed by atoms with Gasteiger partial charge in [-0.05, 0) is 24.3 Å². The van der Waals surface area contributed by atoms with E-state index < -0.39 is 32.2 Å². The van der Waals surface area contributed by atoms with Gasteiger partial charge in [0.1, 0.15) is 18.3 Å². The summed E-state index contributed by atoms with van der Waals surface area (Å²) in [4.78, 5) is 26.0.